The molecule has 3 atom stereocenters. The third-order valence-electron chi connectivity index (χ3n) is 3.72. The predicted molar refractivity (Wildman–Crippen MR) is 69.3 cm³/mol. The number of nitrogens with zero attached hydrogens (tertiary/aromatic N) is 2. The highest BCUT2D eigenvalue weighted by atomic mass is 32.2. The summed E-state index contributed by atoms with van der Waals surface area (Å²) in [4.78, 5) is 2.66. The number of ether oxygens (including phenoxy) is 2. The van der Waals surface area contributed by atoms with Crippen molar-refractivity contribution in [3.63, 3.8) is 0 Å². The van der Waals surface area contributed by atoms with E-state index in [2.05, 4.69) is 4.79 Å². The van der Waals surface area contributed by atoms with Gasteiger partial charge in [-0.1, -0.05) is 12.8 Å². The van der Waals surface area contributed by atoms with Gasteiger partial charge in [-0.05, 0) is 32.1 Å². The molecule has 0 aromatic heterocycles. The summed E-state index contributed by atoms with van der Waals surface area (Å²) < 4.78 is 35.3. The molecule has 1 aliphatic heterocycles. The number of sulfone groups is 1. The second kappa shape index (κ2) is 6.61. The molecule has 0 N–H and O–H groups in total. The highest BCUT2D eigenvalue weighted by Crippen LogP contribution is 2.29. The molecule has 2 fully saturated rings. The maximum absolute atomic E-state index is 12.0. The zero-order valence-corrected chi connectivity index (χ0v) is 11.7. The van der Waals surface area contributed by atoms with Gasteiger partial charge in [-0.15, -0.1) is 0 Å². The summed E-state index contributed by atoms with van der Waals surface area (Å²) in [7, 11) is -3.56. The Balaban J connectivity index is 2.05. The summed E-state index contributed by atoms with van der Waals surface area (Å²) in [6.07, 6.45) is 5.32. The summed E-state index contributed by atoms with van der Waals surface area (Å²) in [6, 6.07) is 0. The fourth-order valence-electron chi connectivity index (χ4n) is 2.75. The summed E-state index contributed by atoms with van der Waals surface area (Å²) in [6.45, 7) is 0.674. The van der Waals surface area contributed by atoms with Gasteiger partial charge in [0.2, 0.25) is 0 Å². The van der Waals surface area contributed by atoms with Gasteiger partial charge in [-0.25, -0.2) is 8.42 Å². The highest BCUT2D eigenvalue weighted by Gasteiger charge is 2.39. The Morgan fingerprint density at radius 1 is 1.16 bits per heavy atom. The molecule has 1 heterocycles. The Kier molecular flexibility index (Phi) is 5.10. The molecular formula is C12H20N2O4S. The molecule has 7 heteroatoms. The maximum Gasteiger partial charge on any atom is 0.370 e. The Bertz CT molecular complexity index is 439. The molecule has 1 aliphatic carbocycles. The average Bonchev–Trinajstić information content (AvgIpc) is 2.40. The first kappa shape index (κ1) is 14.7. The van der Waals surface area contributed by atoms with Crippen LogP contribution in [-0.4, -0.2) is 43.0 Å². The van der Waals surface area contributed by atoms with Crippen molar-refractivity contribution in [1.29, 1.82) is 0 Å². The molecule has 1 saturated carbocycles. The van der Waals surface area contributed by atoms with Crippen LogP contribution < -0.4 is 0 Å². The van der Waals surface area contributed by atoms with Crippen LogP contribution in [0.15, 0.2) is 0 Å². The number of hydrogen-bond acceptors (Lipinski definition) is 4. The third-order valence-corrected chi connectivity index (χ3v) is 5.49. The molecule has 19 heavy (non-hydrogen) atoms. The van der Waals surface area contributed by atoms with Crippen LogP contribution in [0, 0.1) is 0 Å². The van der Waals surface area contributed by atoms with Crippen LogP contribution in [0.1, 0.15) is 44.9 Å². The van der Waals surface area contributed by atoms with E-state index < -0.39 is 15.1 Å². The van der Waals surface area contributed by atoms with E-state index in [1.54, 1.807) is 0 Å². The van der Waals surface area contributed by atoms with Crippen LogP contribution >= 0.6 is 0 Å². The largest absolute Gasteiger partial charge is 0.370 e. The van der Waals surface area contributed by atoms with Gasteiger partial charge in [0.15, 0.2) is 6.29 Å². The van der Waals surface area contributed by atoms with E-state index in [1.807, 2.05) is 0 Å². The molecule has 0 bridgehead atoms. The lowest BCUT2D eigenvalue weighted by molar-refractivity contribution is -0.191. The maximum atomic E-state index is 12.0. The lowest BCUT2D eigenvalue weighted by Gasteiger charge is -2.33. The zero-order valence-electron chi connectivity index (χ0n) is 10.9. The smallest absolute Gasteiger partial charge is 0.361 e. The van der Waals surface area contributed by atoms with Crippen LogP contribution in [0.4, 0.5) is 0 Å². The molecule has 0 aromatic carbocycles. The van der Waals surface area contributed by atoms with E-state index in [-0.39, 0.29) is 12.4 Å². The number of hydrogen-bond donors (Lipinski definition) is 0. The second-order valence-electron chi connectivity index (χ2n) is 5.10. The van der Waals surface area contributed by atoms with Gasteiger partial charge in [0.25, 0.3) is 9.84 Å². The van der Waals surface area contributed by atoms with Crippen molar-refractivity contribution in [2.75, 3.05) is 6.61 Å². The molecule has 0 amide bonds. The average molecular weight is 288 g/mol. The first-order chi connectivity index (χ1) is 9.13. The van der Waals surface area contributed by atoms with E-state index in [0.717, 1.165) is 32.1 Å². The lowest BCUT2D eigenvalue weighted by Crippen LogP contribution is -2.42. The van der Waals surface area contributed by atoms with Gasteiger partial charge in [-0.3, -0.25) is 0 Å². The van der Waals surface area contributed by atoms with Gasteiger partial charge < -0.3 is 15.0 Å². The van der Waals surface area contributed by atoms with E-state index in [1.165, 1.54) is 0 Å². The van der Waals surface area contributed by atoms with Gasteiger partial charge in [0.05, 0.1) is 11.4 Å². The quantitative estimate of drug-likeness (QED) is 0.339. The van der Waals surface area contributed by atoms with Crippen LogP contribution in [0.3, 0.4) is 0 Å². The molecule has 3 unspecified atom stereocenters. The second-order valence-corrected chi connectivity index (χ2v) is 7.10. The van der Waals surface area contributed by atoms with Crippen LogP contribution in [0.5, 0.6) is 0 Å². The first-order valence-corrected chi connectivity index (χ1v) is 8.43. The van der Waals surface area contributed by atoms with E-state index in [9.17, 15) is 8.42 Å². The van der Waals surface area contributed by atoms with Crippen LogP contribution in [0.25, 0.3) is 5.53 Å². The fourth-order valence-corrected chi connectivity index (χ4v) is 4.16. The fraction of sp³-hybridized carbons (Fsp3) is 0.917. The van der Waals surface area contributed by atoms with Crippen molar-refractivity contribution in [3.05, 3.63) is 5.53 Å². The van der Waals surface area contributed by atoms with E-state index >= 15 is 0 Å². The summed E-state index contributed by atoms with van der Waals surface area (Å²) >= 11 is 0. The molecule has 2 rings (SSSR count). The Morgan fingerprint density at radius 2 is 1.89 bits per heavy atom. The van der Waals surface area contributed by atoms with Crippen molar-refractivity contribution in [3.8, 4) is 0 Å². The van der Waals surface area contributed by atoms with Crippen LogP contribution in [0.2, 0.25) is 0 Å². The summed E-state index contributed by atoms with van der Waals surface area (Å²) in [5, 5.41) is -0.623. The van der Waals surface area contributed by atoms with Crippen molar-refractivity contribution >= 4 is 15.4 Å². The number of rotatable bonds is 4. The molecule has 108 valence electrons. The normalized spacial score (nSPS) is 32.5. The Labute approximate surface area is 113 Å². The summed E-state index contributed by atoms with van der Waals surface area (Å²) in [5.74, 6) is 0. The minimum absolute atomic E-state index is 0.291. The Hall–Kier alpha value is -0.750. The molecule has 6 nitrogen and oxygen atoms in total. The van der Waals surface area contributed by atoms with Crippen LogP contribution in [-0.2, 0) is 19.3 Å². The topological polar surface area (TPSA) is 89.0 Å². The van der Waals surface area contributed by atoms with Gasteiger partial charge in [-0.2, -0.15) is 4.79 Å². The highest BCUT2D eigenvalue weighted by molar-refractivity contribution is 8.04. The van der Waals surface area contributed by atoms with Gasteiger partial charge in [0, 0.05) is 6.61 Å². The lowest BCUT2D eigenvalue weighted by atomic mass is 9.97. The molecule has 1 saturated heterocycles. The van der Waals surface area contributed by atoms with E-state index in [4.69, 9.17) is 15.0 Å². The SMILES string of the molecule is [N-]=[N+]=CS(=O)(=O)C1CCCCC1OC1CCCCO1. The standard InChI is InChI=1S/C12H20N2O4S/c13-14-9-19(15,16)11-6-2-1-5-10(11)18-12-7-3-4-8-17-12/h9-12H,1-8H2. The third kappa shape index (κ3) is 3.86. The predicted octanol–water partition coefficient (Wildman–Crippen LogP) is 1.51. The Morgan fingerprint density at radius 3 is 2.58 bits per heavy atom. The monoisotopic (exact) mass is 288 g/mol. The van der Waals surface area contributed by atoms with E-state index in [0.29, 0.717) is 25.0 Å². The zero-order chi connectivity index (χ0) is 13.7. The van der Waals surface area contributed by atoms with Crippen molar-refractivity contribution in [1.82, 2.24) is 0 Å². The minimum Gasteiger partial charge on any atom is -0.361 e. The van der Waals surface area contributed by atoms with Crippen molar-refractivity contribution < 1.29 is 22.7 Å². The first-order valence-electron chi connectivity index (χ1n) is 6.82. The van der Waals surface area contributed by atoms with Gasteiger partial charge in [0.1, 0.15) is 0 Å². The molecule has 0 radical (unpaired) electrons. The molecule has 2 aliphatic rings. The molecule has 0 spiro atoms. The van der Waals surface area contributed by atoms with Crippen molar-refractivity contribution in [2.24, 2.45) is 0 Å². The molecular weight excluding hydrogens is 268 g/mol. The minimum atomic E-state index is -3.56. The van der Waals surface area contributed by atoms with Gasteiger partial charge >= 0.3 is 5.55 Å². The van der Waals surface area contributed by atoms with Crippen molar-refractivity contribution in [2.45, 2.75) is 62.6 Å². The molecule has 0 aromatic rings. The summed E-state index contributed by atoms with van der Waals surface area (Å²) in [5.41, 5.74) is 9.09.